The first kappa shape index (κ1) is 11.4. The van der Waals surface area contributed by atoms with Crippen LogP contribution >= 0.6 is 0 Å². The van der Waals surface area contributed by atoms with Gasteiger partial charge in [-0.3, -0.25) is 4.79 Å². The van der Waals surface area contributed by atoms with Gasteiger partial charge >= 0.3 is 13.1 Å². The Labute approximate surface area is 83.9 Å². The van der Waals surface area contributed by atoms with Crippen molar-refractivity contribution >= 4 is 24.8 Å². The lowest BCUT2D eigenvalue weighted by Crippen LogP contribution is -2.37. The molecule has 0 aliphatic carbocycles. The van der Waals surface area contributed by atoms with Crippen LogP contribution in [0.3, 0.4) is 0 Å². The van der Waals surface area contributed by atoms with E-state index in [-0.39, 0.29) is 11.8 Å². The summed E-state index contributed by atoms with van der Waals surface area (Å²) < 4.78 is 13.4. The van der Waals surface area contributed by atoms with Crippen molar-refractivity contribution in [2.75, 3.05) is 0 Å². The van der Waals surface area contributed by atoms with Gasteiger partial charge in [0.05, 0.1) is 5.56 Å². The van der Waals surface area contributed by atoms with Gasteiger partial charge in [-0.25, -0.2) is 9.18 Å². The minimum absolute atomic E-state index is 0.212. The van der Waals surface area contributed by atoms with Gasteiger partial charge in [-0.1, -0.05) is 6.07 Å². The molecule has 0 atom stereocenters. The Bertz CT molecular complexity index is 418. The van der Waals surface area contributed by atoms with E-state index in [9.17, 15) is 14.0 Å². The molecule has 0 bridgehead atoms. The highest BCUT2D eigenvalue weighted by Crippen LogP contribution is 2.08. The number of benzene rings is 1. The normalized spacial score (nSPS) is 9.80. The highest BCUT2D eigenvalue weighted by molar-refractivity contribution is 6.60. The summed E-state index contributed by atoms with van der Waals surface area (Å²) in [5.41, 5.74) is -1.75. The average molecular weight is 212 g/mol. The highest BCUT2D eigenvalue weighted by Gasteiger charge is 2.25. The van der Waals surface area contributed by atoms with E-state index in [0.717, 1.165) is 12.1 Å². The fourth-order valence-electron chi connectivity index (χ4n) is 1.14. The van der Waals surface area contributed by atoms with Gasteiger partial charge in [0.15, 0.2) is 0 Å². The second-order valence-corrected chi connectivity index (χ2v) is 2.73. The van der Waals surface area contributed by atoms with Crippen molar-refractivity contribution in [1.82, 2.24) is 0 Å². The minimum Gasteiger partial charge on any atom is -0.478 e. The number of carbonyl (C=O) groups is 2. The predicted molar refractivity (Wildman–Crippen MR) is 48.6 cm³/mol. The van der Waals surface area contributed by atoms with Crippen molar-refractivity contribution in [3.05, 3.63) is 29.1 Å². The van der Waals surface area contributed by atoms with Gasteiger partial charge in [0, 0.05) is 11.0 Å². The molecule has 1 aromatic carbocycles. The Morgan fingerprint density at radius 2 is 2.00 bits per heavy atom. The summed E-state index contributed by atoms with van der Waals surface area (Å²) >= 11 is 0. The first-order valence-corrected chi connectivity index (χ1v) is 3.86. The molecule has 0 unspecified atom stereocenters. The number of carboxylic acids is 1. The predicted octanol–water partition coefficient (Wildman–Crippen LogP) is -0.984. The maximum absolute atomic E-state index is 13.4. The molecule has 1 rings (SSSR count). The van der Waals surface area contributed by atoms with Gasteiger partial charge in [0.25, 0.3) is 0 Å². The summed E-state index contributed by atoms with van der Waals surface area (Å²) in [7, 11) is -2.23. The Balaban J connectivity index is 3.49. The van der Waals surface area contributed by atoms with Crippen molar-refractivity contribution in [3.8, 4) is 0 Å². The summed E-state index contributed by atoms with van der Waals surface area (Å²) in [4.78, 5) is 20.9. The molecule has 15 heavy (non-hydrogen) atoms. The zero-order valence-electron chi connectivity index (χ0n) is 7.35. The zero-order chi connectivity index (χ0) is 11.6. The molecule has 0 saturated heterocycles. The maximum atomic E-state index is 13.4. The topological polar surface area (TPSA) is 94.8 Å². The molecule has 5 nitrogen and oxygen atoms in total. The second-order valence-electron chi connectivity index (χ2n) is 2.73. The lowest BCUT2D eigenvalue weighted by molar-refractivity contribution is 0.0691. The van der Waals surface area contributed by atoms with Crippen LogP contribution in [0.2, 0.25) is 0 Å². The van der Waals surface area contributed by atoms with E-state index in [1.807, 2.05) is 0 Å². The van der Waals surface area contributed by atoms with Gasteiger partial charge in [0.2, 0.25) is 0 Å². The molecule has 3 N–H and O–H groups in total. The van der Waals surface area contributed by atoms with E-state index in [0.29, 0.717) is 0 Å². The molecule has 0 fully saturated rings. The number of carboxylic acid groups (broad SMARTS) is 1. The smallest absolute Gasteiger partial charge is 0.478 e. The zero-order valence-corrected chi connectivity index (χ0v) is 7.35. The van der Waals surface area contributed by atoms with Gasteiger partial charge in [-0.15, -0.1) is 0 Å². The van der Waals surface area contributed by atoms with Crippen molar-refractivity contribution < 1.29 is 29.1 Å². The molecule has 0 aliphatic heterocycles. The minimum atomic E-state index is -2.23. The first-order valence-electron chi connectivity index (χ1n) is 3.86. The van der Waals surface area contributed by atoms with E-state index in [2.05, 4.69) is 0 Å². The van der Waals surface area contributed by atoms with E-state index >= 15 is 0 Å². The van der Waals surface area contributed by atoms with Crippen LogP contribution < -0.4 is 5.46 Å². The van der Waals surface area contributed by atoms with Crippen LogP contribution in [0.4, 0.5) is 4.39 Å². The summed E-state index contributed by atoms with van der Waals surface area (Å²) in [6, 6.07) is 1.89. The van der Waals surface area contributed by atoms with E-state index < -0.39 is 29.9 Å². The van der Waals surface area contributed by atoms with Crippen LogP contribution in [-0.2, 0) is 0 Å². The molecular formula is C8H6BFO5. The summed E-state index contributed by atoms with van der Waals surface area (Å²) in [6.45, 7) is 0. The molecule has 0 heterocycles. The molecule has 78 valence electrons. The van der Waals surface area contributed by atoms with Crippen molar-refractivity contribution in [1.29, 1.82) is 0 Å². The molecule has 0 aliphatic rings. The summed E-state index contributed by atoms with van der Waals surface area (Å²) in [5, 5.41) is 26.1. The SMILES string of the molecule is O=Cc1ccc(C(=O)O)c(F)c1B(O)O. The molecule has 0 saturated carbocycles. The van der Waals surface area contributed by atoms with Gasteiger partial charge < -0.3 is 15.2 Å². The largest absolute Gasteiger partial charge is 0.492 e. The number of aldehydes is 1. The van der Waals surface area contributed by atoms with Crippen LogP contribution in [0, 0.1) is 5.82 Å². The Hall–Kier alpha value is -1.73. The van der Waals surface area contributed by atoms with Crippen LogP contribution in [0.5, 0.6) is 0 Å². The Morgan fingerprint density at radius 3 is 2.40 bits per heavy atom. The van der Waals surface area contributed by atoms with Crippen molar-refractivity contribution in [2.24, 2.45) is 0 Å². The standard InChI is InChI=1S/C8H6BFO5/c10-7-5(8(12)13)2-1-4(3-11)6(7)9(14)15/h1-3,14-15H,(H,12,13). The highest BCUT2D eigenvalue weighted by atomic mass is 19.1. The van der Waals surface area contributed by atoms with Crippen LogP contribution in [0.1, 0.15) is 20.7 Å². The number of aromatic carboxylic acids is 1. The quantitative estimate of drug-likeness (QED) is 0.442. The van der Waals surface area contributed by atoms with Gasteiger partial charge in [-0.05, 0) is 6.07 Å². The number of hydrogen-bond acceptors (Lipinski definition) is 4. The monoisotopic (exact) mass is 212 g/mol. The van der Waals surface area contributed by atoms with Crippen molar-refractivity contribution in [2.45, 2.75) is 0 Å². The van der Waals surface area contributed by atoms with Crippen LogP contribution in [-0.4, -0.2) is 34.5 Å². The third-order valence-electron chi connectivity index (χ3n) is 1.83. The summed E-state index contributed by atoms with van der Waals surface area (Å²) in [6.07, 6.45) is 0.212. The van der Waals surface area contributed by atoms with E-state index in [1.165, 1.54) is 0 Å². The summed E-state index contributed by atoms with van der Waals surface area (Å²) in [5.74, 6) is -2.87. The lowest BCUT2D eigenvalue weighted by atomic mass is 9.76. The second kappa shape index (κ2) is 4.20. The van der Waals surface area contributed by atoms with Crippen LogP contribution in [0.25, 0.3) is 0 Å². The van der Waals surface area contributed by atoms with Gasteiger partial charge in [-0.2, -0.15) is 0 Å². The number of carbonyl (C=O) groups excluding carboxylic acids is 1. The van der Waals surface area contributed by atoms with Crippen molar-refractivity contribution in [3.63, 3.8) is 0 Å². The lowest BCUT2D eigenvalue weighted by Gasteiger charge is -2.07. The maximum Gasteiger partial charge on any atom is 0.492 e. The molecule has 7 heteroatoms. The molecule has 0 spiro atoms. The third-order valence-corrected chi connectivity index (χ3v) is 1.83. The average Bonchev–Trinajstić information content (AvgIpc) is 2.15. The fourth-order valence-corrected chi connectivity index (χ4v) is 1.14. The molecule has 1 aromatic rings. The first-order chi connectivity index (χ1) is 6.99. The third kappa shape index (κ3) is 2.03. The van der Waals surface area contributed by atoms with E-state index in [4.69, 9.17) is 15.2 Å². The van der Waals surface area contributed by atoms with E-state index in [1.54, 1.807) is 0 Å². The number of halogens is 1. The number of hydrogen-bond donors (Lipinski definition) is 3. The van der Waals surface area contributed by atoms with Crippen LogP contribution in [0.15, 0.2) is 12.1 Å². The van der Waals surface area contributed by atoms with Gasteiger partial charge in [0.1, 0.15) is 12.1 Å². The molecule has 0 radical (unpaired) electrons. The molecule has 0 amide bonds. The number of rotatable bonds is 3. The fraction of sp³-hybridized carbons (Fsp3) is 0. The Morgan fingerprint density at radius 1 is 1.40 bits per heavy atom. The Kier molecular flexibility index (Phi) is 3.18. The molecular weight excluding hydrogens is 206 g/mol. The molecule has 0 aromatic heterocycles.